The van der Waals surface area contributed by atoms with Crippen molar-refractivity contribution in [2.75, 3.05) is 7.11 Å². The van der Waals surface area contributed by atoms with Crippen molar-refractivity contribution in [1.82, 2.24) is 0 Å². The summed E-state index contributed by atoms with van der Waals surface area (Å²) < 4.78 is 0. The summed E-state index contributed by atoms with van der Waals surface area (Å²) >= 11 is 0. The van der Waals surface area contributed by atoms with Crippen molar-refractivity contribution < 1.29 is 15.0 Å². The first-order chi connectivity index (χ1) is 14.6. The Hall–Kier alpha value is -1.61. The zero-order chi connectivity index (χ0) is 22.8. The van der Waals surface area contributed by atoms with E-state index in [1.165, 1.54) is 38.5 Å². The Morgan fingerprint density at radius 1 is 0.968 bits per heavy atom. The molecule has 0 saturated heterocycles. The Morgan fingerprint density at radius 3 is 2.39 bits per heavy atom. The standard InChI is InChI=1S/C27H36O2.CH4O/c1-16-8-10-25(3)12-13-27(5)19(21(25)14-16)9-11-26(4)20-15-22(28)24(29)17(2)18(20)6-7-23(26)27;1-2/h6-7,15-16,19,21,29H,8-14H2,1-5H3;2H,1H3. The van der Waals surface area contributed by atoms with E-state index in [4.69, 9.17) is 5.11 Å². The molecule has 5 aliphatic rings. The molecule has 31 heavy (non-hydrogen) atoms. The third-order valence-corrected chi connectivity index (χ3v) is 10.0. The molecule has 6 atom stereocenters. The lowest BCUT2D eigenvalue weighted by Crippen LogP contribution is -2.55. The average molecular weight is 425 g/mol. The van der Waals surface area contributed by atoms with Crippen molar-refractivity contribution in [2.24, 2.45) is 34.0 Å². The average Bonchev–Trinajstić information content (AvgIpc) is 2.75. The van der Waals surface area contributed by atoms with Crippen molar-refractivity contribution in [3.8, 4) is 0 Å². The van der Waals surface area contributed by atoms with Crippen LogP contribution in [0.15, 0.2) is 46.3 Å². The maximum Gasteiger partial charge on any atom is 0.220 e. The molecule has 0 aromatic heterocycles. The number of rotatable bonds is 0. The largest absolute Gasteiger partial charge is 0.504 e. The quantitative estimate of drug-likeness (QED) is 0.469. The van der Waals surface area contributed by atoms with E-state index in [-0.39, 0.29) is 22.4 Å². The van der Waals surface area contributed by atoms with Gasteiger partial charge >= 0.3 is 0 Å². The Labute approximate surface area is 188 Å². The zero-order valence-corrected chi connectivity index (χ0v) is 20.2. The van der Waals surface area contributed by atoms with Gasteiger partial charge < -0.3 is 10.2 Å². The van der Waals surface area contributed by atoms with E-state index >= 15 is 0 Å². The molecule has 5 aliphatic carbocycles. The molecule has 0 radical (unpaired) electrons. The van der Waals surface area contributed by atoms with Crippen LogP contribution in [0.3, 0.4) is 0 Å². The molecule has 3 heteroatoms. The first-order valence-corrected chi connectivity index (χ1v) is 12.1. The Morgan fingerprint density at radius 2 is 1.68 bits per heavy atom. The molecule has 3 fully saturated rings. The van der Waals surface area contributed by atoms with E-state index in [1.54, 1.807) is 11.6 Å². The second-order valence-corrected chi connectivity index (χ2v) is 11.6. The van der Waals surface area contributed by atoms with Gasteiger partial charge in [-0.05, 0) is 91.3 Å². The predicted molar refractivity (Wildman–Crippen MR) is 126 cm³/mol. The minimum absolute atomic E-state index is 0.0787. The highest BCUT2D eigenvalue weighted by Crippen LogP contribution is 2.69. The van der Waals surface area contributed by atoms with E-state index in [0.717, 1.165) is 48.0 Å². The first-order valence-electron chi connectivity index (χ1n) is 12.1. The summed E-state index contributed by atoms with van der Waals surface area (Å²) in [6.45, 7) is 11.8. The molecule has 0 amide bonds. The second kappa shape index (κ2) is 7.47. The number of allylic oxidation sites excluding steroid dienone is 7. The highest BCUT2D eigenvalue weighted by molar-refractivity contribution is 6.06. The smallest absolute Gasteiger partial charge is 0.220 e. The lowest BCUT2D eigenvalue weighted by atomic mass is 9.40. The van der Waals surface area contributed by atoms with Crippen LogP contribution < -0.4 is 0 Å². The van der Waals surface area contributed by atoms with Gasteiger partial charge in [-0.15, -0.1) is 0 Å². The number of ketones is 1. The summed E-state index contributed by atoms with van der Waals surface area (Å²) in [6, 6.07) is 0. The fraction of sp³-hybridized carbons (Fsp3) is 0.679. The summed E-state index contributed by atoms with van der Waals surface area (Å²) in [4.78, 5) is 12.5. The van der Waals surface area contributed by atoms with Gasteiger partial charge in [0.2, 0.25) is 5.78 Å². The Bertz CT molecular complexity index is 919. The van der Waals surface area contributed by atoms with Crippen LogP contribution in [0.1, 0.15) is 79.6 Å². The van der Waals surface area contributed by atoms with Crippen LogP contribution in [0.2, 0.25) is 0 Å². The van der Waals surface area contributed by atoms with E-state index in [9.17, 15) is 9.90 Å². The highest BCUT2D eigenvalue weighted by atomic mass is 16.3. The third kappa shape index (κ3) is 3.06. The Balaban J connectivity index is 0.00000112. The van der Waals surface area contributed by atoms with Crippen molar-refractivity contribution in [3.63, 3.8) is 0 Å². The van der Waals surface area contributed by atoms with Crippen LogP contribution in [-0.2, 0) is 4.79 Å². The highest BCUT2D eigenvalue weighted by Gasteiger charge is 2.60. The van der Waals surface area contributed by atoms with Crippen LogP contribution in [0.25, 0.3) is 0 Å². The van der Waals surface area contributed by atoms with Crippen molar-refractivity contribution in [2.45, 2.75) is 79.6 Å². The number of aliphatic hydroxyl groups is 2. The van der Waals surface area contributed by atoms with Gasteiger partial charge in [-0.2, -0.15) is 0 Å². The molecule has 0 aromatic carbocycles. The number of hydrogen-bond acceptors (Lipinski definition) is 3. The van der Waals surface area contributed by atoms with E-state index in [1.807, 2.05) is 6.92 Å². The van der Waals surface area contributed by atoms with Gasteiger partial charge in [0.25, 0.3) is 0 Å². The number of carbonyl (C=O) groups is 1. The number of carbonyl (C=O) groups excluding carboxylic acids is 1. The SMILES string of the molecule is CC1=C(O)C(=O)C=C2C1=CC=C1C2(C)CCC2C3CC(C)CCC3(C)CCC12C.CO. The third-order valence-electron chi connectivity index (χ3n) is 10.0. The molecule has 6 unspecified atom stereocenters. The lowest BCUT2D eigenvalue weighted by Gasteiger charge is -2.64. The molecule has 0 aliphatic heterocycles. The van der Waals surface area contributed by atoms with Gasteiger partial charge in [0.15, 0.2) is 5.76 Å². The van der Waals surface area contributed by atoms with Crippen molar-refractivity contribution >= 4 is 5.78 Å². The molecular formula is C28H40O3. The maximum absolute atomic E-state index is 12.5. The summed E-state index contributed by atoms with van der Waals surface area (Å²) in [5.41, 5.74) is 5.18. The summed E-state index contributed by atoms with van der Waals surface area (Å²) in [7, 11) is 1.00. The minimum atomic E-state index is -0.221. The second-order valence-electron chi connectivity index (χ2n) is 11.6. The predicted octanol–water partition coefficient (Wildman–Crippen LogP) is 6.46. The Kier molecular flexibility index (Phi) is 5.44. The number of hydrogen-bond donors (Lipinski definition) is 2. The van der Waals surface area contributed by atoms with Crippen molar-refractivity contribution in [1.29, 1.82) is 0 Å². The van der Waals surface area contributed by atoms with Crippen LogP contribution in [0.5, 0.6) is 0 Å². The monoisotopic (exact) mass is 424 g/mol. The molecule has 2 N–H and O–H groups in total. The van der Waals surface area contributed by atoms with Gasteiger partial charge in [-0.3, -0.25) is 4.79 Å². The normalized spacial score (nSPS) is 43.8. The maximum atomic E-state index is 12.5. The molecule has 3 saturated carbocycles. The molecule has 0 bridgehead atoms. The molecular weight excluding hydrogens is 384 g/mol. The topological polar surface area (TPSA) is 57.5 Å². The molecule has 5 rings (SSSR count). The zero-order valence-electron chi connectivity index (χ0n) is 20.2. The summed E-state index contributed by atoms with van der Waals surface area (Å²) in [6.07, 6.45) is 15.5. The van der Waals surface area contributed by atoms with E-state index in [0.29, 0.717) is 5.41 Å². The molecule has 170 valence electrons. The summed E-state index contributed by atoms with van der Waals surface area (Å²) in [5, 5.41) is 17.2. The van der Waals surface area contributed by atoms with Crippen LogP contribution >= 0.6 is 0 Å². The van der Waals surface area contributed by atoms with E-state index < -0.39 is 0 Å². The van der Waals surface area contributed by atoms with Gasteiger partial charge in [0, 0.05) is 18.1 Å². The van der Waals surface area contributed by atoms with Crippen molar-refractivity contribution in [3.05, 3.63) is 46.3 Å². The lowest BCUT2D eigenvalue weighted by molar-refractivity contribution is -0.114. The van der Waals surface area contributed by atoms with Crippen LogP contribution in [-0.4, -0.2) is 23.1 Å². The fourth-order valence-corrected chi connectivity index (χ4v) is 8.08. The molecule has 0 spiro atoms. The van der Waals surface area contributed by atoms with Crippen LogP contribution in [0, 0.1) is 34.0 Å². The van der Waals surface area contributed by atoms with Gasteiger partial charge in [-0.25, -0.2) is 0 Å². The number of fused-ring (bicyclic) bond motifs is 7. The minimum Gasteiger partial charge on any atom is -0.504 e. The first kappa shape index (κ1) is 22.6. The molecule has 0 aromatic rings. The van der Waals surface area contributed by atoms with E-state index in [2.05, 4.69) is 39.8 Å². The van der Waals surface area contributed by atoms with Gasteiger partial charge in [0.05, 0.1) is 0 Å². The van der Waals surface area contributed by atoms with Crippen LogP contribution in [0.4, 0.5) is 0 Å². The molecule has 0 heterocycles. The molecule has 3 nitrogen and oxygen atoms in total. The summed E-state index contributed by atoms with van der Waals surface area (Å²) in [5.74, 6) is 2.13. The number of aliphatic hydroxyl groups excluding tert-OH is 2. The van der Waals surface area contributed by atoms with Gasteiger partial charge in [0.1, 0.15) is 0 Å². The van der Waals surface area contributed by atoms with Gasteiger partial charge in [-0.1, -0.05) is 51.8 Å². The fourth-order valence-electron chi connectivity index (χ4n) is 8.08.